The molecule has 0 radical (unpaired) electrons. The normalized spacial score (nSPS) is 15.6. The summed E-state index contributed by atoms with van der Waals surface area (Å²) in [6, 6.07) is 41.6. The molecule has 298 valence electrons. The van der Waals surface area contributed by atoms with Crippen molar-refractivity contribution in [1.82, 2.24) is 0 Å². The van der Waals surface area contributed by atoms with Gasteiger partial charge in [-0.3, -0.25) is 0 Å². The molecule has 0 unspecified atom stereocenters. The predicted octanol–water partition coefficient (Wildman–Crippen LogP) is 13.1. The van der Waals surface area contributed by atoms with Crippen LogP contribution in [0.3, 0.4) is 0 Å². The number of fused-ring (bicyclic) bond motifs is 9. The summed E-state index contributed by atoms with van der Waals surface area (Å²) >= 11 is 0. The second-order valence-corrected chi connectivity index (χ2v) is 17.1. The van der Waals surface area contributed by atoms with Gasteiger partial charge in [0.2, 0.25) is 0 Å². The van der Waals surface area contributed by atoms with Crippen molar-refractivity contribution in [2.45, 2.75) is 11.8 Å². The molecule has 6 nitrogen and oxygen atoms in total. The number of rotatable bonds is 6. The Morgan fingerprint density at radius 3 is 0.565 bits per heavy atom. The summed E-state index contributed by atoms with van der Waals surface area (Å²) in [6.07, 6.45) is 0. The molecule has 9 aromatic carbocycles. The van der Waals surface area contributed by atoms with Crippen molar-refractivity contribution in [2.24, 2.45) is 0 Å². The van der Waals surface area contributed by atoms with Crippen LogP contribution in [0.2, 0.25) is 0 Å². The Balaban J connectivity index is 1.13. The van der Waals surface area contributed by atoms with Gasteiger partial charge in [-0.2, -0.15) is 0 Å². The lowest BCUT2D eigenvalue weighted by atomic mass is 9.66. The fourth-order valence-corrected chi connectivity index (χ4v) is 12.4. The van der Waals surface area contributed by atoms with E-state index in [1.165, 1.54) is 132 Å². The summed E-state index contributed by atoms with van der Waals surface area (Å²) in [5.41, 5.74) is 22.4. The molecule has 2 bridgehead atoms. The quantitative estimate of drug-likeness (QED) is 0.167. The van der Waals surface area contributed by atoms with Gasteiger partial charge in [0.05, 0.1) is 42.7 Å². The fourth-order valence-electron chi connectivity index (χ4n) is 12.4. The van der Waals surface area contributed by atoms with Crippen molar-refractivity contribution in [2.75, 3.05) is 42.7 Å². The van der Waals surface area contributed by atoms with Gasteiger partial charge in [0.1, 0.15) is 0 Å². The minimum absolute atomic E-state index is 0.0845. The van der Waals surface area contributed by atoms with Gasteiger partial charge in [-0.15, -0.1) is 0 Å². The highest BCUT2D eigenvalue weighted by Gasteiger charge is 2.41. The standard InChI is InChI=1S/C56H38O6/c1-57-43-19-37-25-7-13-31-49-33-15-9-27-39-21-45(59-3)47(61-5)23-41(39)29-11-17-35(55(33)52(27)29)50(32-14-8-26(51(25)54(31)32)38(37)20-44(43)58-2)36-18-12-30-42-24-48(62-6)46(60-4)22-40(42)28-10-16-34(49)56(36)53(28)30/h7-24,49-50H,1-6H3. The lowest BCUT2D eigenvalue weighted by Gasteiger charge is -2.36. The molecular formula is C56H38O6. The van der Waals surface area contributed by atoms with E-state index in [2.05, 4.69) is 109 Å². The maximum Gasteiger partial charge on any atom is 0.161 e. The maximum atomic E-state index is 5.87. The van der Waals surface area contributed by atoms with Crippen molar-refractivity contribution in [1.29, 1.82) is 0 Å². The Bertz CT molecular complexity index is 3020. The Hall–Kier alpha value is -7.44. The SMILES string of the molecule is COc1cc2c(cc1OC)-c1ccc3c4c(ccc-2c14)C1c2ccc4c5c(ccc(c25)C3c2ccc3c5c(ccc1c25)-c1cc(OC)c(OC)cc1-3)-c1cc(OC)c(OC)cc1-4. The van der Waals surface area contributed by atoms with Crippen LogP contribution in [0.5, 0.6) is 34.5 Å². The molecule has 6 aliphatic rings. The van der Waals surface area contributed by atoms with Gasteiger partial charge in [0, 0.05) is 11.8 Å². The largest absolute Gasteiger partial charge is 0.493 e. The third kappa shape index (κ3) is 3.85. The highest BCUT2D eigenvalue weighted by molar-refractivity contribution is 6.23. The van der Waals surface area contributed by atoms with Crippen molar-refractivity contribution < 1.29 is 28.4 Å². The van der Waals surface area contributed by atoms with Crippen LogP contribution < -0.4 is 28.4 Å². The summed E-state index contributed by atoms with van der Waals surface area (Å²) < 4.78 is 35.2. The molecule has 0 fully saturated rings. The lowest BCUT2D eigenvalue weighted by Crippen LogP contribution is -2.18. The molecule has 0 aromatic heterocycles. The second-order valence-electron chi connectivity index (χ2n) is 17.1. The molecule has 9 aromatic rings. The van der Waals surface area contributed by atoms with Crippen LogP contribution in [-0.2, 0) is 0 Å². The van der Waals surface area contributed by atoms with Gasteiger partial charge in [0.15, 0.2) is 34.5 Å². The number of hydrogen-bond acceptors (Lipinski definition) is 6. The average Bonchev–Trinajstić information content (AvgIpc) is 3.92. The summed E-state index contributed by atoms with van der Waals surface area (Å²) in [4.78, 5) is 0. The van der Waals surface area contributed by atoms with Crippen molar-refractivity contribution in [3.05, 3.63) is 143 Å². The first kappa shape index (κ1) is 34.3. The molecular weight excluding hydrogens is 769 g/mol. The maximum absolute atomic E-state index is 5.87. The first-order chi connectivity index (χ1) is 30.5. The summed E-state index contributed by atoms with van der Waals surface area (Å²) in [5.74, 6) is 4.23. The van der Waals surface area contributed by atoms with Crippen LogP contribution >= 0.6 is 0 Å². The molecule has 6 aliphatic carbocycles. The Kier molecular flexibility index (Phi) is 6.46. The van der Waals surface area contributed by atoms with Gasteiger partial charge in [-0.05, 0) is 169 Å². The molecule has 0 N–H and O–H groups in total. The first-order valence-electron chi connectivity index (χ1n) is 21.1. The van der Waals surface area contributed by atoms with Crippen LogP contribution in [-0.4, -0.2) is 42.7 Å². The van der Waals surface area contributed by atoms with E-state index in [0.717, 1.165) is 34.5 Å². The van der Waals surface area contributed by atoms with E-state index in [-0.39, 0.29) is 11.8 Å². The fraction of sp³-hybridized carbons (Fsp3) is 0.143. The van der Waals surface area contributed by atoms with Gasteiger partial charge < -0.3 is 28.4 Å². The number of hydrogen-bond donors (Lipinski definition) is 0. The third-order valence-corrected chi connectivity index (χ3v) is 14.9. The smallest absolute Gasteiger partial charge is 0.161 e. The number of ether oxygens (including phenoxy) is 6. The van der Waals surface area contributed by atoms with Gasteiger partial charge in [-0.1, -0.05) is 72.8 Å². The van der Waals surface area contributed by atoms with Crippen molar-refractivity contribution >= 4 is 32.3 Å². The van der Waals surface area contributed by atoms with Crippen LogP contribution in [0.15, 0.2) is 109 Å². The Labute approximate surface area is 357 Å². The van der Waals surface area contributed by atoms with E-state index in [1.807, 2.05) is 0 Å². The summed E-state index contributed by atoms with van der Waals surface area (Å²) in [5, 5.41) is 7.91. The zero-order valence-electron chi connectivity index (χ0n) is 35.0. The molecule has 6 heteroatoms. The Morgan fingerprint density at radius 2 is 0.403 bits per heavy atom. The molecule has 0 saturated carbocycles. The van der Waals surface area contributed by atoms with Gasteiger partial charge in [-0.25, -0.2) is 0 Å². The molecule has 0 saturated heterocycles. The van der Waals surface area contributed by atoms with E-state index in [0.29, 0.717) is 0 Å². The Morgan fingerprint density at radius 1 is 0.226 bits per heavy atom. The second kappa shape index (κ2) is 11.7. The van der Waals surface area contributed by atoms with Crippen LogP contribution in [0.25, 0.3) is 99.1 Å². The van der Waals surface area contributed by atoms with E-state index >= 15 is 0 Å². The van der Waals surface area contributed by atoms with Gasteiger partial charge in [0.25, 0.3) is 0 Å². The van der Waals surface area contributed by atoms with Crippen LogP contribution in [0.1, 0.15) is 45.2 Å². The highest BCUT2D eigenvalue weighted by Crippen LogP contribution is 2.63. The molecule has 0 aliphatic heterocycles. The van der Waals surface area contributed by atoms with Crippen molar-refractivity contribution in [3.8, 4) is 101 Å². The number of benzene rings is 9. The summed E-state index contributed by atoms with van der Waals surface area (Å²) in [7, 11) is 10.3. The molecule has 0 spiro atoms. The first-order valence-corrected chi connectivity index (χ1v) is 21.1. The molecule has 0 atom stereocenters. The topological polar surface area (TPSA) is 55.4 Å². The van der Waals surface area contributed by atoms with E-state index < -0.39 is 0 Å². The molecule has 0 amide bonds. The monoisotopic (exact) mass is 806 g/mol. The van der Waals surface area contributed by atoms with E-state index in [1.54, 1.807) is 42.7 Å². The zero-order chi connectivity index (χ0) is 41.4. The lowest BCUT2D eigenvalue weighted by molar-refractivity contribution is 0.355. The van der Waals surface area contributed by atoms with Crippen LogP contribution in [0.4, 0.5) is 0 Å². The highest BCUT2D eigenvalue weighted by atomic mass is 16.5. The minimum Gasteiger partial charge on any atom is -0.493 e. The van der Waals surface area contributed by atoms with E-state index in [4.69, 9.17) is 28.4 Å². The third-order valence-electron chi connectivity index (χ3n) is 14.9. The minimum atomic E-state index is -0.0845. The molecule has 62 heavy (non-hydrogen) atoms. The predicted molar refractivity (Wildman–Crippen MR) is 246 cm³/mol. The summed E-state index contributed by atoms with van der Waals surface area (Å²) in [6.45, 7) is 0. The zero-order valence-corrected chi connectivity index (χ0v) is 35.0. The molecule has 0 heterocycles. The average molecular weight is 807 g/mol. The van der Waals surface area contributed by atoms with Crippen molar-refractivity contribution in [3.63, 3.8) is 0 Å². The van der Waals surface area contributed by atoms with Crippen LogP contribution in [0, 0.1) is 0 Å². The molecule has 15 rings (SSSR count). The number of methoxy groups -OCH3 is 6. The van der Waals surface area contributed by atoms with Gasteiger partial charge >= 0.3 is 0 Å². The van der Waals surface area contributed by atoms with E-state index in [9.17, 15) is 0 Å².